The van der Waals surface area contributed by atoms with Gasteiger partial charge in [-0.25, -0.2) is 9.86 Å². The maximum atomic E-state index is 11.3. The summed E-state index contributed by atoms with van der Waals surface area (Å²) in [5.41, 5.74) is 0.941. The molecule has 0 saturated carbocycles. The van der Waals surface area contributed by atoms with Crippen molar-refractivity contribution in [1.29, 1.82) is 0 Å². The molecule has 5 nitrogen and oxygen atoms in total. The third kappa shape index (κ3) is 2.45. The molecule has 0 aliphatic carbocycles. The monoisotopic (exact) mass is 235 g/mol. The highest BCUT2D eigenvalue weighted by molar-refractivity contribution is 5.94. The van der Waals surface area contributed by atoms with Crippen molar-refractivity contribution in [1.82, 2.24) is 5.06 Å². The first-order valence-electron chi connectivity index (χ1n) is 5.29. The Bertz CT molecular complexity index is 418. The summed E-state index contributed by atoms with van der Waals surface area (Å²) in [7, 11) is 1.29. The molecule has 90 valence electrons. The number of hydroxylamine groups is 2. The number of hydrogen-bond donors (Lipinski definition) is 0. The van der Waals surface area contributed by atoms with Crippen LogP contribution in [0.2, 0.25) is 0 Å². The number of rotatable bonds is 4. The summed E-state index contributed by atoms with van der Waals surface area (Å²) in [4.78, 5) is 27.8. The molecule has 1 aliphatic rings. The minimum atomic E-state index is -0.601. The number of carbonyl (C=O) groups is 2. The van der Waals surface area contributed by atoms with Crippen molar-refractivity contribution in [3.63, 3.8) is 0 Å². The molecule has 2 rings (SSSR count). The van der Waals surface area contributed by atoms with Crippen molar-refractivity contribution in [2.24, 2.45) is 0 Å². The summed E-state index contributed by atoms with van der Waals surface area (Å²) in [6, 6.07) is 8.84. The van der Waals surface area contributed by atoms with Gasteiger partial charge in [-0.15, -0.1) is 0 Å². The van der Waals surface area contributed by atoms with E-state index in [0.717, 1.165) is 10.6 Å². The number of nitrogens with zero attached hydrogens (tertiary/aromatic N) is 1. The standard InChI is InChI=1S/C12H13NO4/c1-16-12(15)10-7-11(14)13(10)17-8-9-5-3-2-4-6-9/h2-6,10H,7-8H2,1H3. The minimum absolute atomic E-state index is 0.154. The lowest BCUT2D eigenvalue weighted by molar-refractivity contribution is -0.236. The van der Waals surface area contributed by atoms with Crippen molar-refractivity contribution in [2.45, 2.75) is 19.1 Å². The lowest BCUT2D eigenvalue weighted by atomic mass is 10.1. The van der Waals surface area contributed by atoms with Crippen molar-refractivity contribution in [2.75, 3.05) is 7.11 Å². The Morgan fingerprint density at radius 1 is 1.41 bits per heavy atom. The first-order chi connectivity index (χ1) is 8.22. The fourth-order valence-electron chi connectivity index (χ4n) is 1.60. The molecule has 0 radical (unpaired) electrons. The number of amides is 1. The molecule has 5 heteroatoms. The molecule has 0 spiro atoms. The van der Waals surface area contributed by atoms with E-state index >= 15 is 0 Å². The zero-order valence-corrected chi connectivity index (χ0v) is 9.46. The van der Waals surface area contributed by atoms with E-state index < -0.39 is 12.0 Å². The lowest BCUT2D eigenvalue weighted by Gasteiger charge is -2.36. The van der Waals surface area contributed by atoms with Crippen molar-refractivity contribution in [3.05, 3.63) is 35.9 Å². The van der Waals surface area contributed by atoms with E-state index in [1.807, 2.05) is 30.3 Å². The summed E-state index contributed by atoms with van der Waals surface area (Å²) >= 11 is 0. The number of ether oxygens (including phenoxy) is 1. The van der Waals surface area contributed by atoms with Gasteiger partial charge in [-0.05, 0) is 5.56 Å². The van der Waals surface area contributed by atoms with Crippen LogP contribution in [0.1, 0.15) is 12.0 Å². The van der Waals surface area contributed by atoms with Gasteiger partial charge in [0, 0.05) is 0 Å². The van der Waals surface area contributed by atoms with Gasteiger partial charge in [0.25, 0.3) is 0 Å². The molecule has 1 unspecified atom stereocenters. The molecule has 1 atom stereocenters. The molecule has 1 aliphatic heterocycles. The summed E-state index contributed by atoms with van der Waals surface area (Å²) < 4.78 is 4.57. The van der Waals surface area contributed by atoms with E-state index in [2.05, 4.69) is 4.74 Å². The molecule has 0 N–H and O–H groups in total. The summed E-state index contributed by atoms with van der Waals surface area (Å²) in [5, 5.41) is 1.08. The highest BCUT2D eigenvalue weighted by Gasteiger charge is 2.43. The Labute approximate surface area is 98.9 Å². The van der Waals surface area contributed by atoms with Gasteiger partial charge >= 0.3 is 5.97 Å². The molecule has 1 amide bonds. The number of benzene rings is 1. The summed E-state index contributed by atoms with van der Waals surface area (Å²) in [6.45, 7) is 0.264. The number of methoxy groups -OCH3 is 1. The van der Waals surface area contributed by atoms with Crippen molar-refractivity contribution >= 4 is 11.9 Å². The van der Waals surface area contributed by atoms with Crippen LogP contribution in [0.3, 0.4) is 0 Å². The second kappa shape index (κ2) is 4.97. The highest BCUT2D eigenvalue weighted by Crippen LogP contribution is 2.21. The summed E-state index contributed by atoms with van der Waals surface area (Å²) in [6.07, 6.45) is 0.154. The van der Waals surface area contributed by atoms with Gasteiger partial charge in [0.05, 0.1) is 13.5 Å². The van der Waals surface area contributed by atoms with E-state index in [-0.39, 0.29) is 18.9 Å². The topological polar surface area (TPSA) is 55.8 Å². The molecular weight excluding hydrogens is 222 g/mol. The van der Waals surface area contributed by atoms with Crippen LogP contribution in [-0.4, -0.2) is 30.1 Å². The average molecular weight is 235 g/mol. The summed E-state index contributed by atoms with van der Waals surface area (Å²) in [5.74, 6) is -0.644. The Hall–Kier alpha value is -1.88. The quantitative estimate of drug-likeness (QED) is 0.574. The minimum Gasteiger partial charge on any atom is -0.467 e. The number of β-lactam (4-membered cyclic amide) rings is 1. The zero-order chi connectivity index (χ0) is 12.3. The fraction of sp³-hybridized carbons (Fsp3) is 0.333. The van der Waals surface area contributed by atoms with Crippen LogP contribution in [0.5, 0.6) is 0 Å². The Balaban J connectivity index is 1.90. The van der Waals surface area contributed by atoms with Crippen LogP contribution in [0.15, 0.2) is 30.3 Å². The van der Waals surface area contributed by atoms with Gasteiger partial charge in [-0.1, -0.05) is 30.3 Å². The molecule has 17 heavy (non-hydrogen) atoms. The van der Waals surface area contributed by atoms with Crippen LogP contribution in [0.4, 0.5) is 0 Å². The van der Waals surface area contributed by atoms with Crippen LogP contribution >= 0.6 is 0 Å². The van der Waals surface area contributed by atoms with Crippen molar-refractivity contribution < 1.29 is 19.2 Å². The third-order valence-electron chi connectivity index (χ3n) is 2.58. The molecule has 1 aromatic carbocycles. The van der Waals surface area contributed by atoms with Gasteiger partial charge in [0.1, 0.15) is 6.61 Å². The van der Waals surface area contributed by atoms with Gasteiger partial charge < -0.3 is 4.74 Å². The predicted molar refractivity (Wildman–Crippen MR) is 58.5 cm³/mol. The maximum absolute atomic E-state index is 11.3. The smallest absolute Gasteiger partial charge is 0.331 e. The van der Waals surface area contributed by atoms with Crippen LogP contribution < -0.4 is 0 Å². The normalized spacial score (nSPS) is 18.8. The van der Waals surface area contributed by atoms with E-state index in [1.54, 1.807) is 0 Å². The molecule has 0 bridgehead atoms. The molecular formula is C12H13NO4. The zero-order valence-electron chi connectivity index (χ0n) is 9.46. The van der Waals surface area contributed by atoms with Gasteiger partial charge in [-0.3, -0.25) is 9.63 Å². The van der Waals surface area contributed by atoms with Gasteiger partial charge in [0.2, 0.25) is 5.91 Å². The molecule has 1 saturated heterocycles. The number of esters is 1. The third-order valence-corrected chi connectivity index (χ3v) is 2.58. The molecule has 1 aromatic rings. The largest absolute Gasteiger partial charge is 0.467 e. The molecule has 1 heterocycles. The SMILES string of the molecule is COC(=O)C1CC(=O)N1OCc1ccccc1. The fourth-order valence-corrected chi connectivity index (χ4v) is 1.60. The second-order valence-corrected chi connectivity index (χ2v) is 3.72. The lowest BCUT2D eigenvalue weighted by Crippen LogP contribution is -2.56. The van der Waals surface area contributed by atoms with E-state index in [9.17, 15) is 9.59 Å². The molecule has 0 aromatic heterocycles. The van der Waals surface area contributed by atoms with Crippen LogP contribution in [-0.2, 0) is 25.8 Å². The first-order valence-corrected chi connectivity index (χ1v) is 5.29. The average Bonchev–Trinajstić information content (AvgIpc) is 2.36. The number of hydrogen-bond acceptors (Lipinski definition) is 4. The number of carbonyl (C=O) groups excluding carboxylic acids is 2. The predicted octanol–water partition coefficient (Wildman–Crippen LogP) is 0.892. The second-order valence-electron chi connectivity index (χ2n) is 3.72. The van der Waals surface area contributed by atoms with E-state index in [0.29, 0.717) is 0 Å². The first kappa shape index (κ1) is 11.6. The van der Waals surface area contributed by atoms with E-state index in [4.69, 9.17) is 4.84 Å². The molecule has 1 fully saturated rings. The Kier molecular flexibility index (Phi) is 3.39. The van der Waals surface area contributed by atoms with Crippen LogP contribution in [0.25, 0.3) is 0 Å². The highest BCUT2D eigenvalue weighted by atomic mass is 16.7. The van der Waals surface area contributed by atoms with Gasteiger partial charge in [-0.2, -0.15) is 0 Å². The van der Waals surface area contributed by atoms with Gasteiger partial charge in [0.15, 0.2) is 6.04 Å². The Morgan fingerprint density at radius 2 is 2.12 bits per heavy atom. The Morgan fingerprint density at radius 3 is 2.71 bits per heavy atom. The van der Waals surface area contributed by atoms with E-state index in [1.165, 1.54) is 7.11 Å². The van der Waals surface area contributed by atoms with Crippen LogP contribution in [0, 0.1) is 0 Å². The maximum Gasteiger partial charge on any atom is 0.331 e. The van der Waals surface area contributed by atoms with Crippen molar-refractivity contribution in [3.8, 4) is 0 Å².